The standard InChI is InChI=1S/C15H22F3N3O/c1-21(2)14(20-11-13-7-4-3-5-8-13)19-9-6-10-22-12-15(16,17)18/h3-5,7-8H,6,9-12H2,1-2H3,(H,19,20). The van der Waals surface area contributed by atoms with Crippen LogP contribution in [0.1, 0.15) is 12.0 Å². The average Bonchev–Trinajstić information content (AvgIpc) is 2.45. The van der Waals surface area contributed by atoms with Gasteiger partial charge >= 0.3 is 6.18 Å². The van der Waals surface area contributed by atoms with Crippen LogP contribution in [0.2, 0.25) is 0 Å². The van der Waals surface area contributed by atoms with Crippen molar-refractivity contribution in [1.29, 1.82) is 0 Å². The maximum absolute atomic E-state index is 11.9. The number of alkyl halides is 3. The number of hydrogen-bond acceptors (Lipinski definition) is 2. The molecule has 0 saturated carbocycles. The summed E-state index contributed by atoms with van der Waals surface area (Å²) in [5.74, 6) is 0.694. The Bertz CT molecular complexity index is 447. The Hall–Kier alpha value is -1.76. The molecule has 0 spiro atoms. The number of benzene rings is 1. The van der Waals surface area contributed by atoms with Gasteiger partial charge in [-0.3, -0.25) is 0 Å². The molecule has 0 heterocycles. The molecule has 0 aliphatic rings. The summed E-state index contributed by atoms with van der Waals surface area (Å²) < 4.78 is 40.2. The van der Waals surface area contributed by atoms with Crippen molar-refractivity contribution in [2.45, 2.75) is 19.1 Å². The van der Waals surface area contributed by atoms with Gasteiger partial charge in [0.15, 0.2) is 5.96 Å². The molecule has 1 aromatic rings. The zero-order valence-electron chi connectivity index (χ0n) is 12.9. The van der Waals surface area contributed by atoms with Crippen LogP contribution in [0, 0.1) is 0 Å². The minimum Gasteiger partial charge on any atom is -0.372 e. The SMILES string of the molecule is CN(C)C(=NCc1ccccc1)NCCCOCC(F)(F)F. The van der Waals surface area contributed by atoms with E-state index in [2.05, 4.69) is 15.0 Å². The predicted octanol–water partition coefficient (Wildman–Crippen LogP) is 2.66. The van der Waals surface area contributed by atoms with Crippen molar-refractivity contribution in [3.8, 4) is 0 Å². The largest absolute Gasteiger partial charge is 0.411 e. The quantitative estimate of drug-likeness (QED) is 0.477. The Labute approximate surface area is 129 Å². The van der Waals surface area contributed by atoms with Gasteiger partial charge in [-0.25, -0.2) is 4.99 Å². The molecular formula is C15H22F3N3O. The molecule has 0 atom stereocenters. The molecule has 0 bridgehead atoms. The summed E-state index contributed by atoms with van der Waals surface area (Å²) in [5.41, 5.74) is 1.09. The molecule has 4 nitrogen and oxygen atoms in total. The second kappa shape index (κ2) is 9.30. The average molecular weight is 317 g/mol. The van der Waals surface area contributed by atoms with E-state index in [1.54, 1.807) is 0 Å². The lowest BCUT2D eigenvalue weighted by Gasteiger charge is -2.17. The van der Waals surface area contributed by atoms with Crippen molar-refractivity contribution in [2.24, 2.45) is 4.99 Å². The van der Waals surface area contributed by atoms with Crippen molar-refractivity contribution < 1.29 is 17.9 Å². The first-order valence-corrected chi connectivity index (χ1v) is 7.02. The molecule has 0 aliphatic heterocycles. The van der Waals surface area contributed by atoms with Crippen LogP contribution in [0.25, 0.3) is 0 Å². The Morgan fingerprint density at radius 1 is 1.23 bits per heavy atom. The number of hydrogen-bond donors (Lipinski definition) is 1. The van der Waals surface area contributed by atoms with E-state index in [9.17, 15) is 13.2 Å². The third-order valence-electron chi connectivity index (χ3n) is 2.69. The van der Waals surface area contributed by atoms with Crippen molar-refractivity contribution in [2.75, 3.05) is 33.9 Å². The second-order valence-corrected chi connectivity index (χ2v) is 4.97. The van der Waals surface area contributed by atoms with E-state index in [1.165, 1.54) is 0 Å². The minimum absolute atomic E-state index is 0.0614. The van der Waals surface area contributed by atoms with E-state index in [4.69, 9.17) is 0 Å². The third-order valence-corrected chi connectivity index (χ3v) is 2.69. The molecule has 1 N–H and O–H groups in total. The lowest BCUT2D eigenvalue weighted by molar-refractivity contribution is -0.173. The first kappa shape index (κ1) is 18.3. The van der Waals surface area contributed by atoms with E-state index < -0.39 is 12.8 Å². The highest BCUT2D eigenvalue weighted by Gasteiger charge is 2.27. The third kappa shape index (κ3) is 8.51. The molecule has 124 valence electrons. The number of halogens is 3. The topological polar surface area (TPSA) is 36.9 Å². The molecule has 22 heavy (non-hydrogen) atoms. The molecule has 0 unspecified atom stereocenters. The van der Waals surface area contributed by atoms with Crippen molar-refractivity contribution >= 4 is 5.96 Å². The van der Waals surface area contributed by atoms with Gasteiger partial charge in [-0.05, 0) is 12.0 Å². The van der Waals surface area contributed by atoms with Gasteiger partial charge in [-0.1, -0.05) is 30.3 Å². The van der Waals surface area contributed by atoms with Crippen LogP contribution in [0.15, 0.2) is 35.3 Å². The Balaban J connectivity index is 2.30. The van der Waals surface area contributed by atoms with Crippen LogP contribution in [-0.2, 0) is 11.3 Å². The first-order chi connectivity index (χ1) is 10.4. The normalized spacial score (nSPS) is 12.3. The number of rotatable bonds is 7. The molecule has 0 saturated heterocycles. The van der Waals surface area contributed by atoms with Crippen LogP contribution in [0.3, 0.4) is 0 Å². The monoisotopic (exact) mass is 317 g/mol. The Morgan fingerprint density at radius 3 is 2.50 bits per heavy atom. The molecule has 0 aromatic heterocycles. The van der Waals surface area contributed by atoms with Gasteiger partial charge in [0.2, 0.25) is 0 Å². The van der Waals surface area contributed by atoms with Gasteiger partial charge in [0.25, 0.3) is 0 Å². The molecule has 1 rings (SSSR count). The van der Waals surface area contributed by atoms with Gasteiger partial charge in [0.05, 0.1) is 6.54 Å². The summed E-state index contributed by atoms with van der Waals surface area (Å²) in [6.45, 7) is -0.0862. The summed E-state index contributed by atoms with van der Waals surface area (Å²) in [5, 5.41) is 3.10. The predicted molar refractivity (Wildman–Crippen MR) is 80.8 cm³/mol. The van der Waals surface area contributed by atoms with E-state index in [-0.39, 0.29) is 6.61 Å². The fourth-order valence-corrected chi connectivity index (χ4v) is 1.67. The van der Waals surface area contributed by atoms with Crippen molar-refractivity contribution in [3.63, 3.8) is 0 Å². The minimum atomic E-state index is -4.26. The molecule has 0 aliphatic carbocycles. The van der Waals surface area contributed by atoms with Crippen LogP contribution in [-0.4, -0.2) is 50.9 Å². The molecule has 1 aromatic carbocycles. The summed E-state index contributed by atoms with van der Waals surface area (Å²) in [4.78, 5) is 6.29. The van der Waals surface area contributed by atoms with Crippen LogP contribution < -0.4 is 5.32 Å². The van der Waals surface area contributed by atoms with Gasteiger partial charge in [-0.2, -0.15) is 13.2 Å². The zero-order chi connectivity index (χ0) is 16.4. The lowest BCUT2D eigenvalue weighted by Crippen LogP contribution is -2.37. The fraction of sp³-hybridized carbons (Fsp3) is 0.533. The maximum Gasteiger partial charge on any atom is 0.411 e. The maximum atomic E-state index is 11.9. The second-order valence-electron chi connectivity index (χ2n) is 4.97. The first-order valence-electron chi connectivity index (χ1n) is 7.02. The molecule has 7 heteroatoms. The van der Waals surface area contributed by atoms with E-state index in [1.807, 2.05) is 49.3 Å². The zero-order valence-corrected chi connectivity index (χ0v) is 12.9. The number of nitrogens with one attached hydrogen (secondary N) is 1. The van der Waals surface area contributed by atoms with E-state index in [0.29, 0.717) is 25.5 Å². The number of guanidine groups is 1. The van der Waals surface area contributed by atoms with Gasteiger partial charge < -0.3 is 15.0 Å². The highest BCUT2D eigenvalue weighted by molar-refractivity contribution is 5.79. The molecule has 0 radical (unpaired) electrons. The Morgan fingerprint density at radius 2 is 1.91 bits per heavy atom. The summed E-state index contributed by atoms with van der Waals surface area (Å²) in [6.07, 6.45) is -3.78. The number of ether oxygens (including phenoxy) is 1. The van der Waals surface area contributed by atoms with Gasteiger partial charge in [0, 0.05) is 27.2 Å². The molecular weight excluding hydrogens is 295 g/mol. The Kier molecular flexibility index (Phi) is 7.73. The van der Waals surface area contributed by atoms with E-state index >= 15 is 0 Å². The van der Waals surface area contributed by atoms with Gasteiger partial charge in [-0.15, -0.1) is 0 Å². The number of nitrogens with zero attached hydrogens (tertiary/aromatic N) is 2. The lowest BCUT2D eigenvalue weighted by atomic mass is 10.2. The fourth-order valence-electron chi connectivity index (χ4n) is 1.67. The molecule has 0 amide bonds. The summed E-state index contributed by atoms with van der Waals surface area (Å²) in [7, 11) is 3.72. The summed E-state index contributed by atoms with van der Waals surface area (Å²) >= 11 is 0. The van der Waals surface area contributed by atoms with Crippen LogP contribution in [0.5, 0.6) is 0 Å². The number of aliphatic imine (C=N–C) groups is 1. The smallest absolute Gasteiger partial charge is 0.372 e. The molecule has 0 fully saturated rings. The van der Waals surface area contributed by atoms with Gasteiger partial charge in [0.1, 0.15) is 6.61 Å². The highest BCUT2D eigenvalue weighted by Crippen LogP contribution is 2.14. The van der Waals surface area contributed by atoms with Crippen LogP contribution >= 0.6 is 0 Å². The highest BCUT2D eigenvalue weighted by atomic mass is 19.4. The van der Waals surface area contributed by atoms with Crippen molar-refractivity contribution in [1.82, 2.24) is 10.2 Å². The van der Waals surface area contributed by atoms with Crippen molar-refractivity contribution in [3.05, 3.63) is 35.9 Å². The van der Waals surface area contributed by atoms with Crippen LogP contribution in [0.4, 0.5) is 13.2 Å². The van der Waals surface area contributed by atoms with E-state index in [0.717, 1.165) is 5.56 Å². The summed E-state index contributed by atoms with van der Waals surface area (Å²) in [6, 6.07) is 9.82.